The zero-order valence-electron chi connectivity index (χ0n) is 8.94. The number of nitrogens with zero attached hydrogens (tertiary/aromatic N) is 3. The average molecular weight is 227 g/mol. The van der Waals surface area contributed by atoms with Crippen LogP contribution in [0.15, 0.2) is 12.4 Å². The highest BCUT2D eigenvalue weighted by Crippen LogP contribution is 2.17. The van der Waals surface area contributed by atoms with Crippen molar-refractivity contribution in [1.29, 1.82) is 0 Å². The van der Waals surface area contributed by atoms with E-state index in [1.807, 2.05) is 0 Å². The molecule has 0 aromatic carbocycles. The van der Waals surface area contributed by atoms with Gasteiger partial charge in [-0.15, -0.1) is 0 Å². The summed E-state index contributed by atoms with van der Waals surface area (Å²) >= 11 is 5.83. The van der Waals surface area contributed by atoms with Gasteiger partial charge in [-0.1, -0.05) is 11.6 Å². The van der Waals surface area contributed by atoms with Gasteiger partial charge >= 0.3 is 0 Å². The van der Waals surface area contributed by atoms with Crippen LogP contribution in [0.1, 0.15) is 13.8 Å². The van der Waals surface area contributed by atoms with Gasteiger partial charge in [-0.05, 0) is 13.8 Å². The number of nitrogens with one attached hydrogen (secondary N) is 1. The Labute approximate surface area is 94.7 Å². The molecular formula is C10H15ClN4. The molecule has 1 aromatic rings. The third kappa shape index (κ3) is 2.38. The van der Waals surface area contributed by atoms with Crippen LogP contribution in [0.25, 0.3) is 0 Å². The van der Waals surface area contributed by atoms with Crippen LogP contribution >= 0.6 is 11.6 Å². The summed E-state index contributed by atoms with van der Waals surface area (Å²) in [5.41, 5.74) is 0. The van der Waals surface area contributed by atoms with Crippen molar-refractivity contribution < 1.29 is 0 Å². The molecule has 1 fully saturated rings. The highest BCUT2D eigenvalue weighted by atomic mass is 35.5. The van der Waals surface area contributed by atoms with Gasteiger partial charge < -0.3 is 10.2 Å². The van der Waals surface area contributed by atoms with Crippen molar-refractivity contribution in [2.45, 2.75) is 25.9 Å². The maximum absolute atomic E-state index is 5.83. The Morgan fingerprint density at radius 2 is 2.27 bits per heavy atom. The van der Waals surface area contributed by atoms with Crippen molar-refractivity contribution in [2.24, 2.45) is 0 Å². The summed E-state index contributed by atoms with van der Waals surface area (Å²) in [5, 5.41) is 3.87. The van der Waals surface area contributed by atoms with Gasteiger partial charge in [0.2, 0.25) is 0 Å². The van der Waals surface area contributed by atoms with Crippen molar-refractivity contribution in [3.05, 3.63) is 17.5 Å². The number of anilines is 1. The summed E-state index contributed by atoms with van der Waals surface area (Å²) in [6, 6.07) is 0.899. The van der Waals surface area contributed by atoms with E-state index in [0.29, 0.717) is 17.2 Å². The molecule has 1 N–H and O–H groups in total. The van der Waals surface area contributed by atoms with E-state index < -0.39 is 0 Å². The van der Waals surface area contributed by atoms with Crippen LogP contribution in [-0.2, 0) is 0 Å². The van der Waals surface area contributed by atoms with Crippen LogP contribution < -0.4 is 10.2 Å². The van der Waals surface area contributed by atoms with E-state index >= 15 is 0 Å². The monoisotopic (exact) mass is 226 g/mol. The highest BCUT2D eigenvalue weighted by molar-refractivity contribution is 6.29. The van der Waals surface area contributed by atoms with E-state index in [-0.39, 0.29) is 0 Å². The summed E-state index contributed by atoms with van der Waals surface area (Å²) < 4.78 is 0. The number of rotatable bonds is 1. The van der Waals surface area contributed by atoms with Gasteiger partial charge in [0.1, 0.15) is 11.0 Å². The lowest BCUT2D eigenvalue weighted by Gasteiger charge is -2.38. The van der Waals surface area contributed by atoms with Gasteiger partial charge in [0, 0.05) is 25.2 Å². The maximum Gasteiger partial charge on any atom is 0.149 e. The first kappa shape index (κ1) is 10.6. The first-order chi connectivity index (χ1) is 7.16. The predicted octanol–water partition coefficient (Wildman–Crippen LogP) is 1.32. The molecule has 2 atom stereocenters. The molecule has 15 heavy (non-hydrogen) atoms. The largest absolute Gasteiger partial charge is 0.350 e. The van der Waals surface area contributed by atoms with Crippen LogP contribution in [0.4, 0.5) is 5.82 Å². The molecular weight excluding hydrogens is 212 g/mol. The van der Waals surface area contributed by atoms with Gasteiger partial charge in [-0.2, -0.15) is 0 Å². The van der Waals surface area contributed by atoms with E-state index in [1.54, 1.807) is 12.4 Å². The quantitative estimate of drug-likeness (QED) is 0.784. The Balaban J connectivity index is 2.21. The smallest absolute Gasteiger partial charge is 0.149 e. The Morgan fingerprint density at radius 3 is 3.00 bits per heavy atom. The van der Waals surface area contributed by atoms with Crippen LogP contribution in [0.2, 0.25) is 5.15 Å². The van der Waals surface area contributed by atoms with E-state index in [2.05, 4.69) is 34.0 Å². The molecule has 0 saturated carbocycles. The normalized spacial score (nSPS) is 26.7. The number of halogens is 1. The molecule has 0 spiro atoms. The molecule has 2 rings (SSSR count). The van der Waals surface area contributed by atoms with Crippen LogP contribution in [0.5, 0.6) is 0 Å². The first-order valence-electron chi connectivity index (χ1n) is 5.14. The third-order valence-electron chi connectivity index (χ3n) is 2.65. The minimum atomic E-state index is 0.425. The lowest BCUT2D eigenvalue weighted by Crippen LogP contribution is -2.54. The van der Waals surface area contributed by atoms with Crippen molar-refractivity contribution >= 4 is 17.4 Å². The fourth-order valence-electron chi connectivity index (χ4n) is 1.81. The molecule has 0 aliphatic carbocycles. The van der Waals surface area contributed by atoms with Gasteiger partial charge in [-0.25, -0.2) is 4.98 Å². The standard InChI is InChI=1S/C10H15ClN4/c1-7-6-15(8(2)3-13-7)10-5-12-4-9(11)14-10/h4-5,7-8,13H,3,6H2,1-2H3/t7-,8+/m0/s1. The molecule has 4 nitrogen and oxygen atoms in total. The van der Waals surface area contributed by atoms with E-state index in [0.717, 1.165) is 18.9 Å². The Morgan fingerprint density at radius 1 is 1.47 bits per heavy atom. The summed E-state index contributed by atoms with van der Waals surface area (Å²) in [6.07, 6.45) is 3.32. The fraction of sp³-hybridized carbons (Fsp3) is 0.600. The van der Waals surface area contributed by atoms with Crippen LogP contribution in [0.3, 0.4) is 0 Å². The Kier molecular flexibility index (Phi) is 3.07. The second kappa shape index (κ2) is 4.33. The van der Waals surface area contributed by atoms with Crippen LogP contribution in [0, 0.1) is 0 Å². The molecule has 0 amide bonds. The molecule has 1 aromatic heterocycles. The summed E-state index contributed by atoms with van der Waals surface area (Å²) in [6.45, 7) is 6.24. The second-order valence-corrected chi connectivity index (χ2v) is 4.40. The van der Waals surface area contributed by atoms with Crippen molar-refractivity contribution in [3.8, 4) is 0 Å². The SMILES string of the molecule is C[C@@H]1CN[C@@H](C)CN1c1cncc(Cl)n1. The second-order valence-electron chi connectivity index (χ2n) is 4.01. The number of piperazine rings is 1. The van der Waals surface area contributed by atoms with E-state index in [4.69, 9.17) is 11.6 Å². The number of hydrogen-bond donors (Lipinski definition) is 1. The average Bonchev–Trinajstić information content (AvgIpc) is 2.22. The Hall–Kier alpha value is -0.870. The molecule has 1 aliphatic heterocycles. The van der Waals surface area contributed by atoms with Crippen molar-refractivity contribution in [3.63, 3.8) is 0 Å². The van der Waals surface area contributed by atoms with Crippen molar-refractivity contribution in [2.75, 3.05) is 18.0 Å². The lowest BCUT2D eigenvalue weighted by molar-refractivity contribution is 0.422. The molecule has 2 heterocycles. The maximum atomic E-state index is 5.83. The van der Waals surface area contributed by atoms with E-state index in [1.165, 1.54) is 0 Å². The first-order valence-corrected chi connectivity index (χ1v) is 5.52. The number of hydrogen-bond acceptors (Lipinski definition) is 4. The molecule has 5 heteroatoms. The van der Waals surface area contributed by atoms with Crippen LogP contribution in [-0.4, -0.2) is 35.1 Å². The van der Waals surface area contributed by atoms with Gasteiger partial charge in [0.15, 0.2) is 0 Å². The lowest BCUT2D eigenvalue weighted by atomic mass is 10.1. The van der Waals surface area contributed by atoms with Crippen molar-refractivity contribution in [1.82, 2.24) is 15.3 Å². The molecule has 0 bridgehead atoms. The van der Waals surface area contributed by atoms with Gasteiger partial charge in [0.25, 0.3) is 0 Å². The minimum Gasteiger partial charge on any atom is -0.350 e. The number of aromatic nitrogens is 2. The zero-order valence-corrected chi connectivity index (χ0v) is 9.70. The predicted molar refractivity (Wildman–Crippen MR) is 61.3 cm³/mol. The molecule has 0 radical (unpaired) electrons. The highest BCUT2D eigenvalue weighted by Gasteiger charge is 2.23. The van der Waals surface area contributed by atoms with Gasteiger partial charge in [-0.3, -0.25) is 4.98 Å². The molecule has 1 saturated heterocycles. The molecule has 1 aliphatic rings. The summed E-state index contributed by atoms with van der Waals surface area (Å²) in [7, 11) is 0. The Bertz CT molecular complexity index is 344. The molecule has 82 valence electrons. The van der Waals surface area contributed by atoms with E-state index in [9.17, 15) is 0 Å². The zero-order chi connectivity index (χ0) is 10.8. The third-order valence-corrected chi connectivity index (χ3v) is 2.83. The van der Waals surface area contributed by atoms with Gasteiger partial charge in [0.05, 0.1) is 12.4 Å². The fourth-order valence-corrected chi connectivity index (χ4v) is 1.95. The summed E-state index contributed by atoms with van der Waals surface area (Å²) in [5.74, 6) is 0.864. The minimum absolute atomic E-state index is 0.425. The molecule has 0 unspecified atom stereocenters. The summed E-state index contributed by atoms with van der Waals surface area (Å²) in [4.78, 5) is 10.6. The topological polar surface area (TPSA) is 41.0 Å².